The van der Waals surface area contributed by atoms with Crippen molar-refractivity contribution in [3.8, 4) is 6.07 Å². The van der Waals surface area contributed by atoms with E-state index in [0.717, 1.165) is 39.3 Å². The number of allylic oxidation sites excluding steroid dienone is 3. The molecule has 41 heavy (non-hydrogen) atoms. The summed E-state index contributed by atoms with van der Waals surface area (Å²) in [4.78, 5) is 16.0. The van der Waals surface area contributed by atoms with Crippen LogP contribution in [0.4, 0.5) is 23.2 Å². The molecule has 0 saturated carbocycles. The van der Waals surface area contributed by atoms with E-state index >= 15 is 0 Å². The van der Waals surface area contributed by atoms with Crippen molar-refractivity contribution < 1.29 is 22.4 Å². The Kier molecular flexibility index (Phi) is 7.71. The highest BCUT2D eigenvalue weighted by molar-refractivity contribution is 7.98. The molecule has 0 bridgehead atoms. The third kappa shape index (κ3) is 5.49. The summed E-state index contributed by atoms with van der Waals surface area (Å²) in [6.07, 6.45) is -3.11. The topological polar surface area (TPSA) is 70.1 Å². The summed E-state index contributed by atoms with van der Waals surface area (Å²) < 4.78 is 53.0. The van der Waals surface area contributed by atoms with Gasteiger partial charge < -0.3 is 5.73 Å². The zero-order valence-electron chi connectivity index (χ0n) is 22.5. The second kappa shape index (κ2) is 11.1. The zero-order chi connectivity index (χ0) is 29.5. The van der Waals surface area contributed by atoms with E-state index in [2.05, 4.69) is 6.07 Å². The lowest BCUT2D eigenvalue weighted by molar-refractivity contribution is -0.137. The Hall–Kier alpha value is -4.03. The van der Waals surface area contributed by atoms with Gasteiger partial charge in [0.15, 0.2) is 5.78 Å². The molecule has 5 rings (SSSR count). The summed E-state index contributed by atoms with van der Waals surface area (Å²) in [7, 11) is 0. The van der Waals surface area contributed by atoms with Gasteiger partial charge in [0, 0.05) is 34.0 Å². The number of nitrogens with zero attached hydrogens (tertiary/aromatic N) is 2. The number of anilines is 1. The second-order valence-corrected chi connectivity index (χ2v) is 11.3. The maximum atomic E-state index is 13.5. The lowest BCUT2D eigenvalue weighted by atomic mass is 9.74. The van der Waals surface area contributed by atoms with Crippen molar-refractivity contribution >= 4 is 23.2 Å². The number of halogens is 4. The molecule has 2 aliphatic rings. The number of hydrogen-bond donors (Lipinski definition) is 1. The zero-order valence-corrected chi connectivity index (χ0v) is 23.3. The Balaban J connectivity index is 1.60. The first-order valence-electron chi connectivity index (χ1n) is 13.1. The van der Waals surface area contributed by atoms with E-state index in [4.69, 9.17) is 5.73 Å². The van der Waals surface area contributed by atoms with E-state index in [-0.39, 0.29) is 23.0 Å². The van der Waals surface area contributed by atoms with Crippen LogP contribution in [0.5, 0.6) is 0 Å². The number of hydrogen-bond acceptors (Lipinski definition) is 5. The minimum atomic E-state index is -4.49. The number of Topliss-reactive ketones (excluding diaryl/α,β-unsaturated/α-hetero) is 1. The number of thioether (sulfide) groups is 1. The molecule has 210 valence electrons. The van der Waals surface area contributed by atoms with Gasteiger partial charge in [0.25, 0.3) is 0 Å². The Labute approximate surface area is 240 Å². The third-order valence-corrected chi connectivity index (χ3v) is 8.67. The number of carbonyl (C=O) groups is 1. The van der Waals surface area contributed by atoms with Gasteiger partial charge in [-0.05, 0) is 97.5 Å². The van der Waals surface area contributed by atoms with Gasteiger partial charge >= 0.3 is 6.18 Å². The highest BCUT2D eigenvalue weighted by atomic mass is 32.2. The van der Waals surface area contributed by atoms with Crippen LogP contribution in [0.1, 0.15) is 53.0 Å². The predicted octanol–water partition coefficient (Wildman–Crippen LogP) is 8.06. The number of carbonyl (C=O) groups excluding carboxylic acids is 1. The fourth-order valence-corrected chi connectivity index (χ4v) is 6.53. The molecule has 0 spiro atoms. The molecular weight excluding hydrogens is 550 g/mol. The highest BCUT2D eigenvalue weighted by Crippen LogP contribution is 2.47. The molecule has 0 saturated heterocycles. The van der Waals surface area contributed by atoms with Gasteiger partial charge in [-0.3, -0.25) is 9.69 Å². The fourth-order valence-electron chi connectivity index (χ4n) is 5.57. The van der Waals surface area contributed by atoms with Crippen LogP contribution >= 0.6 is 11.8 Å². The number of rotatable bonds is 5. The molecule has 1 aliphatic heterocycles. The van der Waals surface area contributed by atoms with Crippen molar-refractivity contribution in [2.45, 2.75) is 55.9 Å². The van der Waals surface area contributed by atoms with Crippen molar-refractivity contribution in [2.24, 2.45) is 5.73 Å². The maximum Gasteiger partial charge on any atom is 0.416 e. The number of nitriles is 1. The van der Waals surface area contributed by atoms with Gasteiger partial charge in [-0.1, -0.05) is 12.1 Å². The first-order chi connectivity index (χ1) is 19.5. The lowest BCUT2D eigenvalue weighted by Gasteiger charge is -2.40. The minimum absolute atomic E-state index is 0.101. The third-order valence-electron chi connectivity index (χ3n) is 7.61. The van der Waals surface area contributed by atoms with Gasteiger partial charge in [0.2, 0.25) is 0 Å². The molecular formula is C32H27F4N3OS. The molecule has 9 heteroatoms. The van der Waals surface area contributed by atoms with E-state index in [0.29, 0.717) is 42.0 Å². The molecule has 1 heterocycles. The van der Waals surface area contributed by atoms with E-state index in [1.807, 2.05) is 26.0 Å². The largest absolute Gasteiger partial charge is 0.416 e. The van der Waals surface area contributed by atoms with E-state index < -0.39 is 17.7 Å². The average molecular weight is 578 g/mol. The standard InChI is InChI=1S/C32H27F4N3OS/c1-18-14-19(2)25(15-20(18)17-41-24-12-8-22(33)9-13-24)29-26(16-37)31(38)39(27-4-3-5-28(40)30(27)29)23-10-6-21(7-11-23)32(34,35)36/h6-15,29H,3-5,17,38H2,1-2H3. The molecule has 0 amide bonds. The number of benzene rings is 3. The van der Waals surface area contributed by atoms with Crippen LogP contribution in [0.3, 0.4) is 0 Å². The molecule has 1 aliphatic carbocycles. The first-order valence-corrected chi connectivity index (χ1v) is 14.1. The second-order valence-electron chi connectivity index (χ2n) is 10.2. The van der Waals surface area contributed by atoms with Gasteiger partial charge in [-0.2, -0.15) is 18.4 Å². The Morgan fingerprint density at radius 1 is 1.02 bits per heavy atom. The van der Waals surface area contributed by atoms with Crippen molar-refractivity contribution in [1.82, 2.24) is 0 Å². The summed E-state index contributed by atoms with van der Waals surface area (Å²) in [5.41, 5.74) is 11.2. The molecule has 1 atom stereocenters. The number of ketones is 1. The average Bonchev–Trinajstić information content (AvgIpc) is 2.93. The van der Waals surface area contributed by atoms with Crippen molar-refractivity contribution in [2.75, 3.05) is 4.90 Å². The van der Waals surface area contributed by atoms with Gasteiger partial charge in [-0.25, -0.2) is 4.39 Å². The van der Waals surface area contributed by atoms with Crippen LogP contribution in [0, 0.1) is 31.0 Å². The van der Waals surface area contributed by atoms with E-state index in [9.17, 15) is 27.6 Å². The van der Waals surface area contributed by atoms with Crippen LogP contribution in [-0.2, 0) is 16.7 Å². The molecule has 3 aromatic rings. The smallest absolute Gasteiger partial charge is 0.384 e. The number of alkyl halides is 3. The monoisotopic (exact) mass is 577 g/mol. The normalized spacial score (nSPS) is 17.5. The van der Waals surface area contributed by atoms with Crippen LogP contribution in [0.25, 0.3) is 0 Å². The molecule has 3 aromatic carbocycles. The highest BCUT2D eigenvalue weighted by Gasteiger charge is 2.41. The quantitative estimate of drug-likeness (QED) is 0.245. The van der Waals surface area contributed by atoms with Crippen LogP contribution in [0.2, 0.25) is 0 Å². The summed E-state index contributed by atoms with van der Waals surface area (Å²) in [5, 5.41) is 10.3. The maximum absolute atomic E-state index is 13.5. The Bertz CT molecular complexity index is 1620. The van der Waals surface area contributed by atoms with Crippen LogP contribution in [-0.4, -0.2) is 5.78 Å². The molecule has 0 radical (unpaired) electrons. The van der Waals surface area contributed by atoms with Crippen molar-refractivity contribution in [3.63, 3.8) is 0 Å². The predicted molar refractivity (Wildman–Crippen MR) is 151 cm³/mol. The Morgan fingerprint density at radius 3 is 2.34 bits per heavy atom. The van der Waals surface area contributed by atoms with Crippen LogP contribution in [0.15, 0.2) is 88.2 Å². The summed E-state index contributed by atoms with van der Waals surface area (Å²) >= 11 is 1.55. The summed E-state index contributed by atoms with van der Waals surface area (Å²) in [5.74, 6) is -0.400. The molecule has 0 fully saturated rings. The SMILES string of the molecule is Cc1cc(C)c(C2C(C#N)=C(N)N(c3ccc(C(F)(F)F)cc3)C3=C2C(=O)CCC3)cc1CSc1ccc(F)cc1. The van der Waals surface area contributed by atoms with Crippen molar-refractivity contribution in [3.05, 3.63) is 117 Å². The van der Waals surface area contributed by atoms with Gasteiger partial charge in [0.05, 0.1) is 23.1 Å². The molecule has 1 unspecified atom stereocenters. The number of aryl methyl sites for hydroxylation is 2. The molecule has 0 aromatic heterocycles. The summed E-state index contributed by atoms with van der Waals surface area (Å²) in [6, 6.07) is 17.1. The fraction of sp³-hybridized carbons (Fsp3) is 0.250. The first kappa shape index (κ1) is 28.5. The molecule has 2 N–H and O–H groups in total. The summed E-state index contributed by atoms with van der Waals surface area (Å²) in [6.45, 7) is 3.93. The van der Waals surface area contributed by atoms with E-state index in [1.54, 1.807) is 28.8 Å². The minimum Gasteiger partial charge on any atom is -0.384 e. The van der Waals surface area contributed by atoms with Crippen LogP contribution < -0.4 is 10.6 Å². The number of nitrogens with two attached hydrogens (primary N) is 1. The van der Waals surface area contributed by atoms with E-state index in [1.165, 1.54) is 24.3 Å². The van der Waals surface area contributed by atoms with Gasteiger partial charge in [0.1, 0.15) is 11.6 Å². The lowest BCUT2D eigenvalue weighted by Crippen LogP contribution is -2.39. The Morgan fingerprint density at radius 2 is 1.71 bits per heavy atom. The van der Waals surface area contributed by atoms with Crippen molar-refractivity contribution in [1.29, 1.82) is 5.26 Å². The molecule has 4 nitrogen and oxygen atoms in total. The van der Waals surface area contributed by atoms with Gasteiger partial charge in [-0.15, -0.1) is 11.8 Å².